The quantitative estimate of drug-likeness (QED) is 0.681. The van der Waals surface area contributed by atoms with Crippen molar-refractivity contribution >= 4 is 17.2 Å². The number of fused-ring (bicyclic) bond motifs is 2. The highest BCUT2D eigenvalue weighted by Crippen LogP contribution is 2.45. The van der Waals surface area contributed by atoms with Gasteiger partial charge in [-0.3, -0.25) is 4.79 Å². The van der Waals surface area contributed by atoms with Crippen LogP contribution in [0.25, 0.3) is 0 Å². The molecule has 7 heteroatoms. The molecule has 2 aliphatic heterocycles. The summed E-state index contributed by atoms with van der Waals surface area (Å²) in [6, 6.07) is 2.07. The lowest BCUT2D eigenvalue weighted by Crippen LogP contribution is -2.48. The fraction of sp³-hybridized carbons (Fsp3) is 0.750. The monoisotopic (exact) mass is 394 g/mol. The first-order valence-electron chi connectivity index (χ1n) is 10.2. The van der Waals surface area contributed by atoms with Gasteiger partial charge in [0.15, 0.2) is 0 Å². The van der Waals surface area contributed by atoms with E-state index >= 15 is 0 Å². The van der Waals surface area contributed by atoms with Gasteiger partial charge >= 0.3 is 0 Å². The second-order valence-electron chi connectivity index (χ2n) is 8.20. The molecule has 0 bridgehead atoms. The van der Waals surface area contributed by atoms with Crippen LogP contribution in [0.1, 0.15) is 52.2 Å². The van der Waals surface area contributed by atoms with Gasteiger partial charge < -0.3 is 25.2 Å². The fourth-order valence-electron chi connectivity index (χ4n) is 4.38. The highest BCUT2D eigenvalue weighted by molar-refractivity contribution is 7.14. The third kappa shape index (κ3) is 4.07. The number of rotatable bonds is 6. The minimum absolute atomic E-state index is 0.0555. The maximum absolute atomic E-state index is 12.6. The van der Waals surface area contributed by atoms with Crippen molar-refractivity contribution in [1.82, 2.24) is 10.2 Å². The van der Waals surface area contributed by atoms with Crippen molar-refractivity contribution in [3.8, 4) is 0 Å². The van der Waals surface area contributed by atoms with Crippen LogP contribution < -0.4 is 5.32 Å². The van der Waals surface area contributed by atoms with Crippen molar-refractivity contribution in [2.45, 2.75) is 50.2 Å². The molecule has 150 valence electrons. The van der Waals surface area contributed by atoms with Gasteiger partial charge in [0.05, 0.1) is 24.2 Å². The largest absolute Gasteiger partial charge is 0.394 e. The number of β-amino-alcohol motifs (C(OH)–C–C–N with tert-alkyl or cyclic N) is 1. The smallest absolute Gasteiger partial charge is 0.261 e. The molecule has 27 heavy (non-hydrogen) atoms. The molecule has 6 nitrogen and oxygen atoms in total. The summed E-state index contributed by atoms with van der Waals surface area (Å²) in [7, 11) is 0. The fourth-order valence-corrected chi connectivity index (χ4v) is 5.71. The number of carbonyl (C=O) groups is 1. The van der Waals surface area contributed by atoms with Crippen LogP contribution in [0.3, 0.4) is 0 Å². The van der Waals surface area contributed by atoms with Crippen LogP contribution in [-0.4, -0.2) is 66.5 Å². The zero-order valence-corrected chi connectivity index (χ0v) is 16.6. The summed E-state index contributed by atoms with van der Waals surface area (Å²) < 4.78 is 6.27. The first-order valence-corrected chi connectivity index (χ1v) is 11.0. The van der Waals surface area contributed by atoms with E-state index < -0.39 is 6.10 Å². The molecule has 1 unspecified atom stereocenters. The minimum Gasteiger partial charge on any atom is -0.394 e. The van der Waals surface area contributed by atoms with Gasteiger partial charge in [-0.1, -0.05) is 6.42 Å². The molecule has 2 fully saturated rings. The molecule has 1 spiro atoms. The zero-order chi connectivity index (χ0) is 18.9. The molecular weight excluding hydrogens is 364 g/mol. The number of hydrogen-bond donors (Lipinski definition) is 3. The second-order valence-corrected chi connectivity index (χ2v) is 9.25. The molecule has 4 rings (SSSR count). The summed E-state index contributed by atoms with van der Waals surface area (Å²) in [5, 5.41) is 21.8. The van der Waals surface area contributed by atoms with Gasteiger partial charge in [0.25, 0.3) is 5.91 Å². The van der Waals surface area contributed by atoms with Gasteiger partial charge in [-0.25, -0.2) is 0 Å². The molecule has 1 saturated carbocycles. The summed E-state index contributed by atoms with van der Waals surface area (Å²) in [4.78, 5) is 16.8. The summed E-state index contributed by atoms with van der Waals surface area (Å²) in [6.45, 7) is 3.46. The second kappa shape index (κ2) is 8.17. The van der Waals surface area contributed by atoms with E-state index in [-0.39, 0.29) is 18.1 Å². The van der Waals surface area contributed by atoms with Crippen molar-refractivity contribution in [2.24, 2.45) is 5.92 Å². The van der Waals surface area contributed by atoms with E-state index in [4.69, 9.17) is 9.84 Å². The molecule has 1 saturated heterocycles. The highest BCUT2D eigenvalue weighted by atomic mass is 32.1. The van der Waals surface area contributed by atoms with Crippen molar-refractivity contribution < 1.29 is 19.7 Å². The molecule has 1 aromatic rings. The molecule has 1 amide bonds. The number of piperidine rings is 1. The average Bonchev–Trinajstić information content (AvgIpc) is 3.08. The number of ether oxygens (including phenoxy) is 1. The predicted molar refractivity (Wildman–Crippen MR) is 104 cm³/mol. The van der Waals surface area contributed by atoms with Crippen LogP contribution in [0, 0.1) is 5.92 Å². The standard InChI is InChI=1S/C20H30N2O4S/c23-13-16(24)12-22-7-5-20(6-8-22)18-15(4-9-26-20)10-17(27-18)19(25)21-11-14-2-1-3-14/h10,14,16,23-24H,1-9,11-13H2,(H,21,25). The summed E-state index contributed by atoms with van der Waals surface area (Å²) in [6.07, 6.45) is 5.67. The number of aliphatic hydroxyl groups excluding tert-OH is 2. The van der Waals surface area contributed by atoms with Crippen LogP contribution in [0.5, 0.6) is 0 Å². The molecule has 1 aliphatic carbocycles. The topological polar surface area (TPSA) is 82.0 Å². The van der Waals surface area contributed by atoms with Gasteiger partial charge in [0.1, 0.15) is 5.60 Å². The van der Waals surface area contributed by atoms with Crippen molar-refractivity contribution in [1.29, 1.82) is 0 Å². The number of aliphatic hydroxyl groups is 2. The first kappa shape index (κ1) is 19.3. The number of nitrogens with zero attached hydrogens (tertiary/aromatic N) is 1. The third-order valence-electron chi connectivity index (χ3n) is 6.32. The van der Waals surface area contributed by atoms with Crippen molar-refractivity contribution in [2.75, 3.05) is 39.4 Å². The van der Waals surface area contributed by atoms with Crippen molar-refractivity contribution in [3.63, 3.8) is 0 Å². The molecule has 0 radical (unpaired) electrons. The maximum atomic E-state index is 12.6. The van der Waals surface area contributed by atoms with Crippen LogP contribution in [0.4, 0.5) is 0 Å². The van der Waals surface area contributed by atoms with E-state index in [0.29, 0.717) is 19.1 Å². The Morgan fingerprint density at radius 3 is 2.85 bits per heavy atom. The minimum atomic E-state index is -0.686. The molecular formula is C20H30N2O4S. The van der Waals surface area contributed by atoms with Gasteiger partial charge in [-0.2, -0.15) is 0 Å². The van der Waals surface area contributed by atoms with Gasteiger partial charge in [0.2, 0.25) is 0 Å². The summed E-state index contributed by atoms with van der Waals surface area (Å²) in [5.41, 5.74) is 0.981. The SMILES string of the molecule is O=C(NCC1CCC1)c1cc2c(s1)C1(CCN(CC(O)CO)CC1)OCC2. The Morgan fingerprint density at radius 2 is 2.19 bits per heavy atom. The number of thiophene rings is 1. The number of nitrogens with one attached hydrogen (secondary N) is 1. The highest BCUT2D eigenvalue weighted by Gasteiger charge is 2.42. The van der Waals surface area contributed by atoms with E-state index in [1.54, 1.807) is 11.3 Å². The summed E-state index contributed by atoms with van der Waals surface area (Å²) in [5.74, 6) is 0.719. The molecule has 3 aliphatic rings. The molecule has 3 N–H and O–H groups in total. The normalized spacial score (nSPS) is 23.6. The Morgan fingerprint density at radius 1 is 1.41 bits per heavy atom. The lowest BCUT2D eigenvalue weighted by atomic mass is 9.85. The number of hydrogen-bond acceptors (Lipinski definition) is 6. The Bertz CT molecular complexity index is 665. The maximum Gasteiger partial charge on any atom is 0.261 e. The van der Waals surface area contributed by atoms with E-state index in [1.807, 2.05) is 0 Å². The number of carbonyl (C=O) groups excluding carboxylic acids is 1. The number of amides is 1. The van der Waals surface area contributed by atoms with Crippen LogP contribution in [0.2, 0.25) is 0 Å². The molecule has 3 heterocycles. The Labute approximate surface area is 164 Å². The van der Waals surface area contributed by atoms with Crippen LogP contribution in [0.15, 0.2) is 6.07 Å². The predicted octanol–water partition coefficient (Wildman–Crippen LogP) is 1.49. The van der Waals surface area contributed by atoms with E-state index in [1.165, 1.54) is 29.7 Å². The molecule has 1 aromatic heterocycles. The van der Waals surface area contributed by atoms with Crippen LogP contribution in [-0.2, 0) is 16.8 Å². The van der Waals surface area contributed by atoms with E-state index in [9.17, 15) is 9.90 Å². The van der Waals surface area contributed by atoms with Crippen molar-refractivity contribution in [3.05, 3.63) is 21.4 Å². The average molecular weight is 395 g/mol. The van der Waals surface area contributed by atoms with E-state index in [2.05, 4.69) is 16.3 Å². The lowest BCUT2D eigenvalue weighted by molar-refractivity contribution is -0.0991. The third-order valence-corrected chi connectivity index (χ3v) is 7.68. The Kier molecular flexibility index (Phi) is 5.85. The number of likely N-dealkylation sites (tertiary alicyclic amines) is 1. The van der Waals surface area contributed by atoms with Gasteiger partial charge in [-0.05, 0) is 49.7 Å². The van der Waals surface area contributed by atoms with Crippen LogP contribution >= 0.6 is 11.3 Å². The van der Waals surface area contributed by atoms with Gasteiger partial charge in [0, 0.05) is 31.1 Å². The summed E-state index contributed by atoms with van der Waals surface area (Å²) >= 11 is 1.60. The lowest BCUT2D eigenvalue weighted by Gasteiger charge is -2.44. The zero-order valence-electron chi connectivity index (χ0n) is 15.8. The molecule has 0 aromatic carbocycles. The van der Waals surface area contributed by atoms with E-state index in [0.717, 1.165) is 43.8 Å². The first-order chi connectivity index (χ1) is 13.1. The van der Waals surface area contributed by atoms with Gasteiger partial charge in [-0.15, -0.1) is 11.3 Å². The Balaban J connectivity index is 1.42. The molecule has 1 atom stereocenters. The Hall–Kier alpha value is -0.990.